The molecule has 172 valence electrons. The van der Waals surface area contributed by atoms with Crippen LogP contribution in [0.25, 0.3) is 0 Å². The molecule has 2 fully saturated rings. The summed E-state index contributed by atoms with van der Waals surface area (Å²) in [5.74, 6) is -0.0457. The number of nitrogens with zero attached hydrogens (tertiary/aromatic N) is 4. The highest BCUT2D eigenvalue weighted by atomic mass is 32.2. The van der Waals surface area contributed by atoms with Crippen LogP contribution in [0.1, 0.15) is 43.0 Å². The molecule has 9 heteroatoms. The van der Waals surface area contributed by atoms with E-state index in [2.05, 4.69) is 4.90 Å². The number of amides is 2. The molecule has 2 heterocycles. The lowest BCUT2D eigenvalue weighted by Gasteiger charge is -2.32. The molecule has 0 aliphatic carbocycles. The number of benzene rings is 1. The molecule has 0 aromatic heterocycles. The molecule has 1 aromatic rings. The van der Waals surface area contributed by atoms with Crippen LogP contribution in [0.15, 0.2) is 29.2 Å². The van der Waals surface area contributed by atoms with E-state index in [4.69, 9.17) is 0 Å². The zero-order chi connectivity index (χ0) is 22.6. The Kier molecular flexibility index (Phi) is 7.72. The molecule has 0 N–H and O–H groups in total. The van der Waals surface area contributed by atoms with E-state index in [9.17, 15) is 18.0 Å². The Hall–Kier alpha value is -1.97. The van der Waals surface area contributed by atoms with Crippen molar-refractivity contribution >= 4 is 21.8 Å². The fraction of sp³-hybridized carbons (Fsp3) is 0.636. The third kappa shape index (κ3) is 5.64. The SMILES string of the molecule is CC1CCCCN1S(=O)(=O)c1ccc(C(=O)N2CCCN(CC(=O)N(C)C)CC2)cc1. The summed E-state index contributed by atoms with van der Waals surface area (Å²) < 4.78 is 27.6. The number of hydrogen-bond donors (Lipinski definition) is 0. The van der Waals surface area contributed by atoms with Gasteiger partial charge in [0.05, 0.1) is 11.4 Å². The highest BCUT2D eigenvalue weighted by molar-refractivity contribution is 7.89. The monoisotopic (exact) mass is 450 g/mol. The number of carbonyl (C=O) groups is 2. The molecule has 0 saturated carbocycles. The van der Waals surface area contributed by atoms with E-state index in [0.29, 0.717) is 38.3 Å². The smallest absolute Gasteiger partial charge is 0.253 e. The minimum Gasteiger partial charge on any atom is -0.348 e. The average Bonchev–Trinajstić information content (AvgIpc) is 2.99. The zero-order valence-corrected chi connectivity index (χ0v) is 19.6. The third-order valence-corrected chi connectivity index (χ3v) is 8.21. The van der Waals surface area contributed by atoms with Gasteiger partial charge in [0.15, 0.2) is 0 Å². The molecule has 1 atom stereocenters. The lowest BCUT2D eigenvalue weighted by Crippen LogP contribution is -2.41. The normalized spacial score (nSPS) is 21.5. The summed E-state index contributed by atoms with van der Waals surface area (Å²) in [4.78, 5) is 30.6. The molecule has 3 rings (SSSR count). The summed E-state index contributed by atoms with van der Waals surface area (Å²) in [5.41, 5.74) is 0.489. The van der Waals surface area contributed by atoms with Crippen molar-refractivity contribution in [3.63, 3.8) is 0 Å². The first kappa shape index (κ1) is 23.7. The zero-order valence-electron chi connectivity index (χ0n) is 18.8. The van der Waals surface area contributed by atoms with Crippen LogP contribution in [-0.4, -0.2) is 98.6 Å². The van der Waals surface area contributed by atoms with Crippen molar-refractivity contribution in [1.29, 1.82) is 0 Å². The van der Waals surface area contributed by atoms with Crippen LogP contribution in [0.4, 0.5) is 0 Å². The van der Waals surface area contributed by atoms with Crippen molar-refractivity contribution in [2.75, 3.05) is 53.4 Å². The summed E-state index contributed by atoms with van der Waals surface area (Å²) in [5, 5.41) is 0. The number of sulfonamides is 1. The van der Waals surface area contributed by atoms with Crippen LogP contribution < -0.4 is 0 Å². The first-order valence-corrected chi connectivity index (χ1v) is 12.5. The minimum atomic E-state index is -3.54. The second-order valence-electron chi connectivity index (χ2n) is 8.70. The molecule has 1 unspecified atom stereocenters. The summed E-state index contributed by atoms with van der Waals surface area (Å²) in [6.07, 6.45) is 3.61. The van der Waals surface area contributed by atoms with Crippen molar-refractivity contribution in [1.82, 2.24) is 19.0 Å². The summed E-state index contributed by atoms with van der Waals surface area (Å²) in [7, 11) is -0.0607. The first-order chi connectivity index (χ1) is 14.7. The Morgan fingerprint density at radius 1 is 0.968 bits per heavy atom. The van der Waals surface area contributed by atoms with E-state index in [-0.39, 0.29) is 22.8 Å². The van der Waals surface area contributed by atoms with Gasteiger partial charge in [-0.3, -0.25) is 14.5 Å². The maximum Gasteiger partial charge on any atom is 0.253 e. The quantitative estimate of drug-likeness (QED) is 0.679. The van der Waals surface area contributed by atoms with Crippen LogP contribution in [0.3, 0.4) is 0 Å². The Morgan fingerprint density at radius 2 is 1.68 bits per heavy atom. The van der Waals surface area contributed by atoms with Crippen molar-refractivity contribution in [3.05, 3.63) is 29.8 Å². The van der Waals surface area contributed by atoms with Gasteiger partial charge in [0, 0.05) is 58.4 Å². The number of piperidine rings is 1. The summed E-state index contributed by atoms with van der Waals surface area (Å²) in [6.45, 7) is 5.44. The van der Waals surface area contributed by atoms with E-state index in [1.54, 1.807) is 52.5 Å². The van der Waals surface area contributed by atoms with Gasteiger partial charge in [0.25, 0.3) is 5.91 Å². The van der Waals surface area contributed by atoms with Crippen molar-refractivity contribution in [3.8, 4) is 0 Å². The minimum absolute atomic E-state index is 0.000480. The van der Waals surface area contributed by atoms with Crippen molar-refractivity contribution in [2.24, 2.45) is 0 Å². The van der Waals surface area contributed by atoms with E-state index >= 15 is 0 Å². The number of rotatable bonds is 5. The molecule has 2 aliphatic heterocycles. The maximum atomic E-state index is 13.0. The molecule has 31 heavy (non-hydrogen) atoms. The maximum absolute atomic E-state index is 13.0. The third-order valence-electron chi connectivity index (χ3n) is 6.18. The Morgan fingerprint density at radius 3 is 2.32 bits per heavy atom. The predicted molar refractivity (Wildman–Crippen MR) is 119 cm³/mol. The van der Waals surface area contributed by atoms with Gasteiger partial charge in [0.1, 0.15) is 0 Å². The highest BCUT2D eigenvalue weighted by Gasteiger charge is 2.31. The molecular formula is C22H34N4O4S. The Bertz CT molecular complexity index is 885. The Balaban J connectivity index is 1.64. The number of carbonyl (C=O) groups excluding carboxylic acids is 2. The van der Waals surface area contributed by atoms with E-state index in [1.165, 1.54) is 0 Å². The van der Waals surface area contributed by atoms with Gasteiger partial charge in [-0.1, -0.05) is 6.42 Å². The van der Waals surface area contributed by atoms with E-state index in [1.807, 2.05) is 6.92 Å². The van der Waals surface area contributed by atoms with Crippen LogP contribution in [0.5, 0.6) is 0 Å². The van der Waals surface area contributed by atoms with Gasteiger partial charge >= 0.3 is 0 Å². The van der Waals surface area contributed by atoms with Gasteiger partial charge in [-0.25, -0.2) is 8.42 Å². The van der Waals surface area contributed by atoms with Gasteiger partial charge in [-0.15, -0.1) is 0 Å². The number of likely N-dealkylation sites (N-methyl/N-ethyl adjacent to an activating group) is 1. The Labute approximate surface area is 185 Å². The molecular weight excluding hydrogens is 416 g/mol. The van der Waals surface area contributed by atoms with E-state index < -0.39 is 10.0 Å². The van der Waals surface area contributed by atoms with Crippen LogP contribution in [0.2, 0.25) is 0 Å². The van der Waals surface area contributed by atoms with Gasteiger partial charge in [-0.05, 0) is 50.5 Å². The van der Waals surface area contributed by atoms with Gasteiger partial charge < -0.3 is 9.80 Å². The fourth-order valence-electron chi connectivity index (χ4n) is 4.18. The topological polar surface area (TPSA) is 81.2 Å². The molecule has 2 aliphatic rings. The second kappa shape index (κ2) is 10.1. The molecule has 2 amide bonds. The van der Waals surface area contributed by atoms with Crippen LogP contribution in [-0.2, 0) is 14.8 Å². The van der Waals surface area contributed by atoms with Gasteiger partial charge in [0.2, 0.25) is 15.9 Å². The first-order valence-electron chi connectivity index (χ1n) is 11.0. The molecule has 0 radical (unpaired) electrons. The van der Waals surface area contributed by atoms with Crippen LogP contribution in [0, 0.1) is 0 Å². The molecule has 0 spiro atoms. The summed E-state index contributed by atoms with van der Waals surface area (Å²) in [6, 6.07) is 6.32. The molecule has 8 nitrogen and oxygen atoms in total. The molecule has 0 bridgehead atoms. The number of hydrogen-bond acceptors (Lipinski definition) is 5. The highest BCUT2D eigenvalue weighted by Crippen LogP contribution is 2.25. The molecule has 1 aromatic carbocycles. The lowest BCUT2D eigenvalue weighted by atomic mass is 10.1. The van der Waals surface area contributed by atoms with Crippen molar-refractivity contribution in [2.45, 2.75) is 43.5 Å². The lowest BCUT2D eigenvalue weighted by molar-refractivity contribution is -0.129. The largest absolute Gasteiger partial charge is 0.348 e. The van der Waals surface area contributed by atoms with Gasteiger partial charge in [-0.2, -0.15) is 4.31 Å². The van der Waals surface area contributed by atoms with Crippen LogP contribution >= 0.6 is 0 Å². The van der Waals surface area contributed by atoms with Crippen molar-refractivity contribution < 1.29 is 18.0 Å². The summed E-state index contributed by atoms with van der Waals surface area (Å²) >= 11 is 0. The second-order valence-corrected chi connectivity index (χ2v) is 10.6. The predicted octanol–water partition coefficient (Wildman–Crippen LogP) is 1.49. The fourth-order valence-corrected chi connectivity index (χ4v) is 5.88. The van der Waals surface area contributed by atoms with E-state index in [0.717, 1.165) is 32.2 Å². The standard InChI is InChI=1S/C22H34N4O4S/c1-18-7-4-5-14-26(18)31(29,30)20-10-8-19(9-11-20)22(28)25-13-6-12-24(15-16-25)17-21(27)23(2)3/h8-11,18H,4-7,12-17H2,1-3H3. The average molecular weight is 451 g/mol. The molecule has 2 saturated heterocycles.